The molecule has 3 saturated heterocycles. The van der Waals surface area contributed by atoms with Gasteiger partial charge in [-0.25, -0.2) is 0 Å². The number of alkyl halides is 3. The minimum atomic E-state index is -4.42. The molecule has 3 aliphatic rings. The highest BCUT2D eigenvalue weighted by Crippen LogP contribution is 2.31. The molecule has 0 aliphatic carbocycles. The summed E-state index contributed by atoms with van der Waals surface area (Å²) in [6.45, 7) is 3.55. The molecular formula is C19H23F3N2O2. The minimum absolute atomic E-state index is 0.0201. The largest absolute Gasteiger partial charge is 0.416 e. The van der Waals surface area contributed by atoms with E-state index >= 15 is 0 Å². The van der Waals surface area contributed by atoms with Crippen molar-refractivity contribution >= 4 is 11.8 Å². The summed E-state index contributed by atoms with van der Waals surface area (Å²) in [6.07, 6.45) is -1.98. The predicted octanol–water partition coefficient (Wildman–Crippen LogP) is 3.11. The molecule has 0 unspecified atom stereocenters. The van der Waals surface area contributed by atoms with Crippen LogP contribution in [0.25, 0.3) is 0 Å². The summed E-state index contributed by atoms with van der Waals surface area (Å²) in [5.74, 6) is -0.296. The third-order valence-electron chi connectivity index (χ3n) is 5.22. The molecule has 0 radical (unpaired) electrons. The molecular weight excluding hydrogens is 345 g/mol. The highest BCUT2D eigenvalue weighted by molar-refractivity contribution is 5.84. The van der Waals surface area contributed by atoms with Crippen molar-refractivity contribution in [2.75, 3.05) is 19.6 Å². The Morgan fingerprint density at radius 3 is 2.69 bits per heavy atom. The van der Waals surface area contributed by atoms with Crippen molar-refractivity contribution in [3.8, 4) is 0 Å². The van der Waals surface area contributed by atoms with E-state index in [0.717, 1.165) is 31.4 Å². The average Bonchev–Trinajstić information content (AvgIpc) is 2.87. The Morgan fingerprint density at radius 2 is 2.00 bits per heavy atom. The smallest absolute Gasteiger partial charge is 0.340 e. The second kappa shape index (κ2) is 7.29. The zero-order chi connectivity index (χ0) is 18.9. The van der Waals surface area contributed by atoms with Crippen molar-refractivity contribution in [2.24, 2.45) is 5.92 Å². The van der Waals surface area contributed by atoms with E-state index in [4.69, 9.17) is 0 Å². The van der Waals surface area contributed by atoms with Gasteiger partial charge in [-0.3, -0.25) is 9.59 Å². The molecule has 4 rings (SSSR count). The second-order valence-corrected chi connectivity index (χ2v) is 7.13. The van der Waals surface area contributed by atoms with Gasteiger partial charge in [0.15, 0.2) is 0 Å². The van der Waals surface area contributed by atoms with Crippen LogP contribution in [0, 0.1) is 5.92 Å². The summed E-state index contributed by atoms with van der Waals surface area (Å²) >= 11 is 0. The van der Waals surface area contributed by atoms with Crippen LogP contribution in [-0.2, 0) is 22.2 Å². The predicted molar refractivity (Wildman–Crippen MR) is 90.2 cm³/mol. The zero-order valence-electron chi connectivity index (χ0n) is 14.8. The van der Waals surface area contributed by atoms with Gasteiger partial charge in [0, 0.05) is 25.7 Å². The van der Waals surface area contributed by atoms with E-state index in [2.05, 4.69) is 0 Å². The lowest BCUT2D eigenvalue weighted by Gasteiger charge is -2.35. The Kier molecular flexibility index (Phi) is 5.25. The monoisotopic (exact) mass is 368 g/mol. The maximum atomic E-state index is 12.8. The summed E-state index contributed by atoms with van der Waals surface area (Å²) in [6, 6.07) is 4.91. The minimum Gasteiger partial charge on any atom is -0.340 e. The molecule has 0 aromatic heterocycles. The Balaban J connectivity index is 1.72. The van der Waals surface area contributed by atoms with E-state index in [1.165, 1.54) is 12.1 Å². The van der Waals surface area contributed by atoms with Crippen LogP contribution in [0.2, 0.25) is 0 Å². The lowest BCUT2D eigenvalue weighted by molar-refractivity contribution is -0.140. The first kappa shape index (κ1) is 18.7. The number of carbonyl (C=O) groups is 2. The van der Waals surface area contributed by atoms with Crippen molar-refractivity contribution < 1.29 is 22.8 Å². The molecule has 1 aromatic carbocycles. The van der Waals surface area contributed by atoms with Gasteiger partial charge in [-0.05, 0) is 30.9 Å². The van der Waals surface area contributed by atoms with Gasteiger partial charge >= 0.3 is 6.18 Å². The molecule has 142 valence electrons. The Labute approximate surface area is 151 Å². The molecule has 4 nitrogen and oxygen atoms in total. The first-order chi connectivity index (χ1) is 12.3. The number of benzene rings is 1. The molecule has 0 spiro atoms. The van der Waals surface area contributed by atoms with E-state index in [-0.39, 0.29) is 30.2 Å². The number of nitrogens with zero attached hydrogens (tertiary/aromatic N) is 2. The molecule has 2 amide bonds. The maximum Gasteiger partial charge on any atom is 0.416 e. The summed E-state index contributed by atoms with van der Waals surface area (Å²) in [5.41, 5.74) is -0.402. The van der Waals surface area contributed by atoms with Crippen molar-refractivity contribution in [1.29, 1.82) is 0 Å². The second-order valence-electron chi connectivity index (χ2n) is 7.13. The molecule has 2 bridgehead atoms. The van der Waals surface area contributed by atoms with Crippen LogP contribution in [0.3, 0.4) is 0 Å². The zero-order valence-corrected chi connectivity index (χ0v) is 14.8. The molecule has 2 atom stereocenters. The summed E-state index contributed by atoms with van der Waals surface area (Å²) in [4.78, 5) is 28.8. The van der Waals surface area contributed by atoms with Crippen LogP contribution < -0.4 is 0 Å². The van der Waals surface area contributed by atoms with Crippen LogP contribution in [0.15, 0.2) is 24.3 Å². The molecule has 0 saturated carbocycles. The van der Waals surface area contributed by atoms with Crippen LogP contribution >= 0.6 is 0 Å². The number of fused-ring (bicyclic) bond motifs is 4. The van der Waals surface area contributed by atoms with Crippen molar-refractivity contribution in [3.63, 3.8) is 0 Å². The Bertz CT molecular complexity index is 690. The number of rotatable bonds is 4. The number of piperidine rings is 1. The Hall–Kier alpha value is -2.05. The van der Waals surface area contributed by atoms with Gasteiger partial charge in [0.2, 0.25) is 11.8 Å². The molecule has 0 N–H and O–H groups in total. The summed E-state index contributed by atoms with van der Waals surface area (Å²) in [5, 5.41) is 0. The lowest BCUT2D eigenvalue weighted by Crippen LogP contribution is -2.48. The average molecular weight is 368 g/mol. The van der Waals surface area contributed by atoms with Crippen molar-refractivity contribution in [2.45, 2.75) is 44.8 Å². The number of amides is 2. The highest BCUT2D eigenvalue weighted by atomic mass is 19.4. The topological polar surface area (TPSA) is 40.6 Å². The summed E-state index contributed by atoms with van der Waals surface area (Å²) < 4.78 is 38.5. The molecule has 3 heterocycles. The molecule has 3 fully saturated rings. The highest BCUT2D eigenvalue weighted by Gasteiger charge is 2.41. The third kappa shape index (κ3) is 3.86. The summed E-state index contributed by atoms with van der Waals surface area (Å²) in [7, 11) is 0. The van der Waals surface area contributed by atoms with E-state index in [0.29, 0.717) is 25.2 Å². The number of hydrogen-bond donors (Lipinski definition) is 0. The van der Waals surface area contributed by atoms with Gasteiger partial charge in [-0.2, -0.15) is 13.2 Å². The van der Waals surface area contributed by atoms with Crippen LogP contribution in [-0.4, -0.2) is 47.3 Å². The SMILES string of the molecule is CCCN1C(=O)[C@@H]2CC[C@H]1CN(C(=O)Cc1cccc(C(F)(F)F)c1)C2. The quantitative estimate of drug-likeness (QED) is 0.819. The maximum absolute atomic E-state index is 12.8. The fourth-order valence-electron chi connectivity index (χ4n) is 3.92. The first-order valence-corrected chi connectivity index (χ1v) is 9.04. The first-order valence-electron chi connectivity index (χ1n) is 9.04. The molecule has 7 heteroatoms. The van der Waals surface area contributed by atoms with E-state index in [1.54, 1.807) is 4.90 Å². The van der Waals surface area contributed by atoms with E-state index < -0.39 is 11.7 Å². The molecule has 1 aromatic rings. The fraction of sp³-hybridized carbons (Fsp3) is 0.579. The number of halogens is 3. The van der Waals surface area contributed by atoms with Gasteiger partial charge < -0.3 is 9.80 Å². The van der Waals surface area contributed by atoms with E-state index in [1.807, 2.05) is 11.8 Å². The number of hydrogen-bond acceptors (Lipinski definition) is 2. The number of carbonyl (C=O) groups excluding carboxylic acids is 2. The van der Waals surface area contributed by atoms with Gasteiger partial charge in [-0.1, -0.05) is 25.1 Å². The molecule has 26 heavy (non-hydrogen) atoms. The standard InChI is InChI=1S/C19H23F3N2O2/c1-2-8-24-16-7-6-14(18(24)26)11-23(12-16)17(25)10-13-4-3-5-15(9-13)19(20,21)22/h3-5,9,14,16H,2,6-8,10-12H2,1H3/t14-,16+/m1/s1. The lowest BCUT2D eigenvalue weighted by atomic mass is 9.94. The van der Waals surface area contributed by atoms with Gasteiger partial charge in [0.1, 0.15) is 0 Å². The van der Waals surface area contributed by atoms with Crippen LogP contribution in [0.5, 0.6) is 0 Å². The van der Waals surface area contributed by atoms with Gasteiger partial charge in [0.05, 0.1) is 17.9 Å². The molecule has 3 aliphatic heterocycles. The fourth-order valence-corrected chi connectivity index (χ4v) is 3.92. The normalized spacial score (nSPS) is 23.3. The van der Waals surface area contributed by atoms with E-state index in [9.17, 15) is 22.8 Å². The van der Waals surface area contributed by atoms with Gasteiger partial charge in [0.25, 0.3) is 0 Å². The Morgan fingerprint density at radius 1 is 1.23 bits per heavy atom. The van der Waals surface area contributed by atoms with Gasteiger partial charge in [-0.15, -0.1) is 0 Å². The van der Waals surface area contributed by atoms with Crippen LogP contribution in [0.4, 0.5) is 13.2 Å². The third-order valence-corrected chi connectivity index (χ3v) is 5.22. The van der Waals surface area contributed by atoms with Crippen molar-refractivity contribution in [3.05, 3.63) is 35.4 Å². The van der Waals surface area contributed by atoms with Crippen molar-refractivity contribution in [1.82, 2.24) is 9.80 Å². The van der Waals surface area contributed by atoms with Crippen LogP contribution in [0.1, 0.15) is 37.3 Å².